The fourth-order valence-corrected chi connectivity index (χ4v) is 6.00. The summed E-state index contributed by atoms with van der Waals surface area (Å²) < 4.78 is 4.76. The zero-order valence-corrected chi connectivity index (χ0v) is 24.9. The number of fused-ring (bicyclic) bond motifs is 5. The molecule has 4 aromatic heterocycles. The van der Waals surface area contributed by atoms with Gasteiger partial charge < -0.3 is 10.6 Å². The Morgan fingerprint density at radius 3 is 1.72 bits per heavy atom. The van der Waals surface area contributed by atoms with Crippen molar-refractivity contribution in [3.63, 3.8) is 0 Å². The van der Waals surface area contributed by atoms with Crippen molar-refractivity contribution >= 4 is 82.7 Å². The third-order valence-electron chi connectivity index (χ3n) is 7.49. The Morgan fingerprint density at radius 1 is 0.628 bits per heavy atom. The highest BCUT2D eigenvalue weighted by Crippen LogP contribution is 2.31. The monoisotopic (exact) mass is 628 g/mol. The molecule has 0 aliphatic heterocycles. The Bertz CT molecular complexity index is 2280. The quantitative estimate of drug-likeness (QED) is 0.185. The molecule has 0 aliphatic rings. The number of carbonyl (C=O) groups is 2. The molecule has 0 fully saturated rings. The number of hydrogen-bond acceptors (Lipinski definition) is 4. The van der Waals surface area contributed by atoms with Gasteiger partial charge in [-0.25, -0.2) is 9.97 Å². The van der Waals surface area contributed by atoms with E-state index < -0.39 is 0 Å². The molecule has 2 N–H and O–H groups in total. The minimum Gasteiger partial charge on any atom is -0.316 e. The van der Waals surface area contributed by atoms with Gasteiger partial charge in [0.15, 0.2) is 12.4 Å². The van der Waals surface area contributed by atoms with Crippen molar-refractivity contribution in [1.29, 1.82) is 0 Å². The van der Waals surface area contributed by atoms with E-state index in [0.717, 1.165) is 37.1 Å². The van der Waals surface area contributed by atoms with E-state index in [4.69, 9.17) is 9.97 Å². The van der Waals surface area contributed by atoms with Gasteiger partial charge in [-0.3, -0.25) is 9.59 Å². The second-order valence-corrected chi connectivity index (χ2v) is 11.3. The first kappa shape index (κ1) is 26.6. The van der Waals surface area contributed by atoms with Crippen LogP contribution in [0, 0.1) is 0 Å². The Balaban J connectivity index is 1.24. The summed E-state index contributed by atoms with van der Waals surface area (Å²) in [5, 5.41) is 9.54. The minimum absolute atomic E-state index is 0.239. The molecular weight excluding hydrogens is 604 g/mol. The number of halogens is 1. The van der Waals surface area contributed by atoms with Gasteiger partial charge in [0, 0.05) is 38.2 Å². The number of benzene rings is 3. The van der Waals surface area contributed by atoms with Crippen molar-refractivity contribution < 1.29 is 18.7 Å². The fourth-order valence-electron chi connectivity index (χ4n) is 5.43. The maximum atomic E-state index is 13.3. The average Bonchev–Trinajstić information content (AvgIpc) is 3.01. The topological polar surface area (TPSA) is 91.7 Å². The maximum Gasteiger partial charge on any atom is 0.274 e. The highest BCUT2D eigenvalue weighted by molar-refractivity contribution is 9.10. The number of carbonyl (C=O) groups excluding carboxylic acids is 2. The van der Waals surface area contributed by atoms with Gasteiger partial charge in [0.25, 0.3) is 11.8 Å². The Kier molecular flexibility index (Phi) is 6.51. The SMILES string of the molecule is C[n+]1cc(NC(=O)c2ccc3cc(Br)c4ccc(C(=O)Nc5cc6ccccc6[n+](C)c5)nc4c3n2)cc2ccccc21. The molecule has 0 bridgehead atoms. The summed E-state index contributed by atoms with van der Waals surface area (Å²) in [6.45, 7) is 0. The van der Waals surface area contributed by atoms with Crippen LogP contribution in [-0.2, 0) is 14.1 Å². The zero-order chi connectivity index (χ0) is 29.7. The summed E-state index contributed by atoms with van der Waals surface area (Å²) in [5.74, 6) is -0.685. The second kappa shape index (κ2) is 10.5. The van der Waals surface area contributed by atoms with Crippen LogP contribution in [0.2, 0.25) is 0 Å². The van der Waals surface area contributed by atoms with E-state index in [1.54, 1.807) is 12.1 Å². The van der Waals surface area contributed by atoms with Crippen LogP contribution < -0.4 is 19.8 Å². The van der Waals surface area contributed by atoms with Crippen LogP contribution in [0.4, 0.5) is 11.4 Å². The molecule has 208 valence electrons. The van der Waals surface area contributed by atoms with Crippen molar-refractivity contribution in [1.82, 2.24) is 9.97 Å². The first-order valence-corrected chi connectivity index (χ1v) is 14.4. The number of anilines is 2. The Labute approximate surface area is 254 Å². The van der Waals surface area contributed by atoms with Crippen LogP contribution in [0.25, 0.3) is 43.6 Å². The number of nitrogens with one attached hydrogen (secondary N) is 2. The average molecular weight is 630 g/mol. The van der Waals surface area contributed by atoms with E-state index in [-0.39, 0.29) is 23.2 Å². The number of pyridine rings is 4. The number of aromatic nitrogens is 4. The molecule has 0 saturated heterocycles. The summed E-state index contributed by atoms with van der Waals surface area (Å²) in [4.78, 5) is 36.1. The Morgan fingerprint density at radius 2 is 1.14 bits per heavy atom. The van der Waals surface area contributed by atoms with Gasteiger partial charge in [-0.1, -0.05) is 46.3 Å². The van der Waals surface area contributed by atoms with Gasteiger partial charge in [-0.2, -0.15) is 9.13 Å². The molecule has 9 heteroatoms. The molecular formula is C34H25BrN6O2+2. The van der Waals surface area contributed by atoms with E-state index >= 15 is 0 Å². The molecule has 0 unspecified atom stereocenters. The third-order valence-corrected chi connectivity index (χ3v) is 8.14. The first-order valence-electron chi connectivity index (χ1n) is 13.6. The minimum atomic E-state index is -0.344. The molecule has 0 atom stereocenters. The lowest BCUT2D eigenvalue weighted by Crippen LogP contribution is -2.29. The van der Waals surface area contributed by atoms with Crippen molar-refractivity contribution in [3.05, 3.63) is 119 Å². The van der Waals surface area contributed by atoms with Crippen molar-refractivity contribution in [2.45, 2.75) is 0 Å². The van der Waals surface area contributed by atoms with Gasteiger partial charge in [-0.15, -0.1) is 0 Å². The largest absolute Gasteiger partial charge is 0.316 e. The molecule has 0 saturated carbocycles. The van der Waals surface area contributed by atoms with Gasteiger partial charge in [0.2, 0.25) is 11.0 Å². The van der Waals surface area contributed by atoms with Crippen molar-refractivity contribution in [3.8, 4) is 0 Å². The van der Waals surface area contributed by atoms with Crippen LogP contribution in [0.1, 0.15) is 21.0 Å². The lowest BCUT2D eigenvalue weighted by molar-refractivity contribution is -0.644. The lowest BCUT2D eigenvalue weighted by atomic mass is 10.1. The van der Waals surface area contributed by atoms with Gasteiger partial charge in [-0.05, 0) is 48.5 Å². The summed E-state index contributed by atoms with van der Waals surface area (Å²) in [5.41, 5.74) is 4.96. The first-order chi connectivity index (χ1) is 20.8. The summed E-state index contributed by atoms with van der Waals surface area (Å²) in [7, 11) is 3.88. The molecule has 7 rings (SSSR count). The summed E-state index contributed by atoms with van der Waals surface area (Å²) >= 11 is 3.63. The molecule has 2 amide bonds. The highest BCUT2D eigenvalue weighted by Gasteiger charge is 2.18. The smallest absolute Gasteiger partial charge is 0.274 e. The zero-order valence-electron chi connectivity index (χ0n) is 23.3. The van der Waals surface area contributed by atoms with E-state index in [2.05, 4.69) is 26.6 Å². The second-order valence-electron chi connectivity index (χ2n) is 10.4. The summed E-state index contributed by atoms with van der Waals surface area (Å²) in [6, 6.07) is 28.8. The number of hydrogen-bond donors (Lipinski definition) is 2. The van der Waals surface area contributed by atoms with Crippen LogP contribution in [0.3, 0.4) is 0 Å². The number of aryl methyl sites for hydroxylation is 2. The molecule has 3 aromatic carbocycles. The molecule has 4 heterocycles. The number of rotatable bonds is 4. The molecule has 7 aromatic rings. The van der Waals surface area contributed by atoms with E-state index in [0.29, 0.717) is 22.4 Å². The Hall–Kier alpha value is -5.28. The highest BCUT2D eigenvalue weighted by atomic mass is 79.9. The molecule has 8 nitrogen and oxygen atoms in total. The molecule has 0 spiro atoms. The lowest BCUT2D eigenvalue weighted by Gasteiger charge is -2.10. The number of para-hydroxylation sites is 2. The molecule has 0 radical (unpaired) electrons. The summed E-state index contributed by atoms with van der Waals surface area (Å²) in [6.07, 6.45) is 3.74. The van der Waals surface area contributed by atoms with E-state index in [1.807, 2.05) is 114 Å². The predicted octanol–water partition coefficient (Wildman–Crippen LogP) is 6.01. The van der Waals surface area contributed by atoms with Crippen molar-refractivity contribution in [2.24, 2.45) is 14.1 Å². The standard InChI is InChI=1S/C34H23BrN6O2/c1-40-18-23(15-20-7-3-5-9-29(20)40)36-33(42)27-13-11-22-17-26(35)25-12-14-28(39-32(25)31(22)38-27)34(43)37-24-16-21-8-4-6-10-30(21)41(2)19-24/h3-19H,1-2H3/p+2. The molecule has 43 heavy (non-hydrogen) atoms. The van der Waals surface area contributed by atoms with Crippen LogP contribution >= 0.6 is 15.9 Å². The van der Waals surface area contributed by atoms with E-state index in [9.17, 15) is 9.59 Å². The number of amides is 2. The van der Waals surface area contributed by atoms with Gasteiger partial charge >= 0.3 is 0 Å². The maximum absolute atomic E-state index is 13.3. The number of nitrogens with zero attached hydrogens (tertiary/aromatic N) is 4. The third kappa shape index (κ3) is 4.93. The van der Waals surface area contributed by atoms with Crippen LogP contribution in [0.5, 0.6) is 0 Å². The van der Waals surface area contributed by atoms with Crippen LogP contribution in [0.15, 0.2) is 108 Å². The van der Waals surface area contributed by atoms with Crippen molar-refractivity contribution in [2.75, 3.05) is 10.6 Å². The van der Waals surface area contributed by atoms with E-state index in [1.165, 1.54) is 0 Å². The van der Waals surface area contributed by atoms with Gasteiger partial charge in [0.05, 0.1) is 11.0 Å². The van der Waals surface area contributed by atoms with Crippen LogP contribution in [-0.4, -0.2) is 21.8 Å². The van der Waals surface area contributed by atoms with Gasteiger partial charge in [0.1, 0.15) is 36.9 Å². The fraction of sp³-hybridized carbons (Fsp3) is 0.0588. The molecule has 0 aliphatic carbocycles. The predicted molar refractivity (Wildman–Crippen MR) is 171 cm³/mol. The normalized spacial score (nSPS) is 11.3.